The van der Waals surface area contributed by atoms with E-state index in [0.29, 0.717) is 0 Å². The fraction of sp³-hybridized carbons (Fsp3) is 0.143. The highest BCUT2D eigenvalue weighted by Crippen LogP contribution is 2.22. The minimum absolute atomic E-state index is 0.852. The Kier molecular flexibility index (Phi) is 4.92. The number of hydrogen-bond acceptors (Lipinski definition) is 3. The van der Waals surface area contributed by atoms with Crippen molar-refractivity contribution in [3.05, 3.63) is 48.5 Å². The van der Waals surface area contributed by atoms with Crippen LogP contribution in [0.3, 0.4) is 0 Å². The molecule has 0 spiro atoms. The first-order valence-corrected chi connectivity index (χ1v) is 9.04. The molecule has 0 aliphatic rings. The molecule has 94 valence electrons. The summed E-state index contributed by atoms with van der Waals surface area (Å²) in [5.74, 6) is 0. The van der Waals surface area contributed by atoms with Gasteiger partial charge in [-0.1, -0.05) is 0 Å². The summed E-state index contributed by atoms with van der Waals surface area (Å²) in [7, 11) is -1.09. The van der Waals surface area contributed by atoms with E-state index in [0.717, 1.165) is 9.79 Å². The van der Waals surface area contributed by atoms with Crippen LogP contribution in [0.15, 0.2) is 68.1 Å². The Balaban J connectivity index is 2.23. The average molecular weight is 294 g/mol. The molecule has 2 aromatic carbocycles. The Morgan fingerprint density at radius 1 is 0.722 bits per heavy atom. The molecule has 0 aromatic heterocycles. The van der Waals surface area contributed by atoms with Crippen molar-refractivity contribution in [1.82, 2.24) is 0 Å². The van der Waals surface area contributed by atoms with Crippen LogP contribution < -0.4 is 0 Å². The molecule has 0 fully saturated rings. The van der Waals surface area contributed by atoms with Crippen molar-refractivity contribution in [2.75, 3.05) is 12.5 Å². The molecule has 0 aliphatic heterocycles. The molecule has 1 nitrogen and oxygen atoms in total. The normalized spacial score (nSPS) is 10.8. The Labute approximate surface area is 119 Å². The zero-order valence-corrected chi connectivity index (χ0v) is 12.7. The molecule has 0 amide bonds. The first kappa shape index (κ1) is 13.7. The van der Waals surface area contributed by atoms with Gasteiger partial charge in [0.25, 0.3) is 0 Å². The zero-order chi connectivity index (χ0) is 13.0. The lowest BCUT2D eigenvalue weighted by Gasteiger charge is -2.04. The molecular weight excluding hydrogens is 280 g/mol. The summed E-state index contributed by atoms with van der Waals surface area (Å²) in [6.45, 7) is 0. The maximum atomic E-state index is 12.3. The standard InChI is InChI=1S/C14H14OS3/c1-16-11-3-7-13(8-4-11)18(15)14-9-5-12(17-2)6-10-14/h3-10H,1-2H3. The third-order valence-electron chi connectivity index (χ3n) is 2.55. The minimum Gasteiger partial charge on any atom is -0.249 e. The van der Waals surface area contributed by atoms with Crippen molar-refractivity contribution < 1.29 is 4.21 Å². The summed E-state index contributed by atoms with van der Waals surface area (Å²) in [6, 6.07) is 15.8. The Morgan fingerprint density at radius 2 is 1.06 bits per heavy atom. The highest BCUT2D eigenvalue weighted by Gasteiger charge is 2.06. The first-order chi connectivity index (χ1) is 8.74. The van der Waals surface area contributed by atoms with Gasteiger partial charge in [-0.05, 0) is 61.0 Å². The van der Waals surface area contributed by atoms with Gasteiger partial charge in [0, 0.05) is 19.6 Å². The van der Waals surface area contributed by atoms with Crippen molar-refractivity contribution in [3.63, 3.8) is 0 Å². The van der Waals surface area contributed by atoms with Crippen LogP contribution in [0.4, 0.5) is 0 Å². The van der Waals surface area contributed by atoms with Crippen LogP contribution >= 0.6 is 23.5 Å². The lowest BCUT2D eigenvalue weighted by molar-refractivity contribution is 0.683. The van der Waals surface area contributed by atoms with Gasteiger partial charge >= 0.3 is 0 Å². The number of rotatable bonds is 4. The molecule has 0 saturated carbocycles. The molecular formula is C14H14OS3. The Morgan fingerprint density at radius 3 is 1.33 bits per heavy atom. The van der Waals surface area contributed by atoms with E-state index in [9.17, 15) is 4.21 Å². The van der Waals surface area contributed by atoms with E-state index in [1.54, 1.807) is 23.5 Å². The monoisotopic (exact) mass is 294 g/mol. The van der Waals surface area contributed by atoms with Crippen LogP contribution in [0.25, 0.3) is 0 Å². The van der Waals surface area contributed by atoms with E-state index < -0.39 is 10.8 Å². The van der Waals surface area contributed by atoms with Crippen LogP contribution in [0.2, 0.25) is 0 Å². The van der Waals surface area contributed by atoms with Crippen molar-refractivity contribution in [1.29, 1.82) is 0 Å². The number of thioether (sulfide) groups is 2. The third kappa shape index (κ3) is 3.19. The molecule has 0 N–H and O–H groups in total. The molecule has 0 heterocycles. The number of hydrogen-bond donors (Lipinski definition) is 0. The smallest absolute Gasteiger partial charge is 0.0849 e. The van der Waals surface area contributed by atoms with Gasteiger partial charge in [0.2, 0.25) is 0 Å². The molecule has 0 unspecified atom stereocenters. The molecule has 0 aliphatic carbocycles. The van der Waals surface area contributed by atoms with Crippen molar-refractivity contribution in [2.24, 2.45) is 0 Å². The SMILES string of the molecule is CSc1ccc(S(=O)c2ccc(SC)cc2)cc1. The van der Waals surface area contributed by atoms with E-state index in [2.05, 4.69) is 0 Å². The van der Waals surface area contributed by atoms with Crippen LogP contribution in [0.1, 0.15) is 0 Å². The lowest BCUT2D eigenvalue weighted by Crippen LogP contribution is -1.92. The predicted octanol–water partition coefficient (Wildman–Crippen LogP) is 4.30. The van der Waals surface area contributed by atoms with Crippen LogP contribution in [0, 0.1) is 0 Å². The molecule has 2 aromatic rings. The van der Waals surface area contributed by atoms with Crippen molar-refractivity contribution in [2.45, 2.75) is 19.6 Å². The van der Waals surface area contributed by atoms with E-state index >= 15 is 0 Å². The maximum Gasteiger partial charge on any atom is 0.0849 e. The molecule has 4 heteroatoms. The summed E-state index contributed by atoms with van der Waals surface area (Å²) in [5.41, 5.74) is 0. The van der Waals surface area contributed by atoms with Crippen LogP contribution in [0.5, 0.6) is 0 Å². The highest BCUT2D eigenvalue weighted by molar-refractivity contribution is 7.98. The predicted molar refractivity (Wildman–Crippen MR) is 81.1 cm³/mol. The van der Waals surface area contributed by atoms with Gasteiger partial charge in [0.05, 0.1) is 10.8 Å². The van der Waals surface area contributed by atoms with Gasteiger partial charge in [-0.3, -0.25) is 0 Å². The maximum absolute atomic E-state index is 12.3. The van der Waals surface area contributed by atoms with E-state index in [1.807, 2.05) is 61.0 Å². The summed E-state index contributed by atoms with van der Waals surface area (Å²) in [4.78, 5) is 4.08. The Hall–Kier alpha value is -0.710. The molecule has 0 saturated heterocycles. The zero-order valence-electron chi connectivity index (χ0n) is 10.3. The number of benzene rings is 2. The van der Waals surface area contributed by atoms with Crippen molar-refractivity contribution >= 4 is 34.3 Å². The summed E-state index contributed by atoms with van der Waals surface area (Å²) < 4.78 is 12.3. The van der Waals surface area contributed by atoms with E-state index in [-0.39, 0.29) is 0 Å². The summed E-state index contributed by atoms with van der Waals surface area (Å²) >= 11 is 3.38. The first-order valence-electron chi connectivity index (χ1n) is 5.44. The third-order valence-corrected chi connectivity index (χ3v) is 5.43. The minimum atomic E-state index is -1.09. The second-order valence-corrected chi connectivity index (χ2v) is 6.86. The fourth-order valence-electron chi connectivity index (χ4n) is 1.53. The van der Waals surface area contributed by atoms with Crippen LogP contribution in [-0.4, -0.2) is 16.7 Å². The fourth-order valence-corrected chi connectivity index (χ4v) is 3.39. The van der Waals surface area contributed by atoms with Gasteiger partial charge in [-0.25, -0.2) is 4.21 Å². The van der Waals surface area contributed by atoms with Gasteiger partial charge in [0.1, 0.15) is 0 Å². The molecule has 0 radical (unpaired) electrons. The van der Waals surface area contributed by atoms with Gasteiger partial charge in [-0.15, -0.1) is 23.5 Å². The summed E-state index contributed by atoms with van der Waals surface area (Å²) in [5, 5.41) is 0. The quantitative estimate of drug-likeness (QED) is 0.783. The van der Waals surface area contributed by atoms with Crippen LogP contribution in [-0.2, 0) is 10.8 Å². The van der Waals surface area contributed by atoms with Gasteiger partial charge in [0.15, 0.2) is 0 Å². The lowest BCUT2D eigenvalue weighted by atomic mass is 10.4. The molecule has 0 atom stereocenters. The van der Waals surface area contributed by atoms with Gasteiger partial charge < -0.3 is 0 Å². The summed E-state index contributed by atoms with van der Waals surface area (Å²) in [6.07, 6.45) is 4.07. The van der Waals surface area contributed by atoms with E-state index in [4.69, 9.17) is 0 Å². The van der Waals surface area contributed by atoms with E-state index in [1.165, 1.54) is 9.79 Å². The second kappa shape index (κ2) is 6.45. The second-order valence-electron chi connectivity index (χ2n) is 3.62. The highest BCUT2D eigenvalue weighted by atomic mass is 32.2. The topological polar surface area (TPSA) is 17.1 Å². The average Bonchev–Trinajstić information content (AvgIpc) is 2.47. The largest absolute Gasteiger partial charge is 0.249 e. The molecule has 0 bridgehead atoms. The molecule has 2 rings (SSSR count). The molecule has 18 heavy (non-hydrogen) atoms. The Bertz CT molecular complexity index is 482. The van der Waals surface area contributed by atoms with Gasteiger partial charge in [-0.2, -0.15) is 0 Å². The van der Waals surface area contributed by atoms with Crippen molar-refractivity contribution in [3.8, 4) is 0 Å².